The average molecular weight is 606 g/mol. The second kappa shape index (κ2) is 12.2. The van der Waals surface area contributed by atoms with Gasteiger partial charge in [0.05, 0.1) is 11.3 Å². The van der Waals surface area contributed by atoms with E-state index in [4.69, 9.17) is 9.72 Å². The first-order valence-corrected chi connectivity index (χ1v) is 15.6. The number of hydrogen-bond donors (Lipinski definition) is 1. The molecule has 8 heteroatoms. The second-order valence-electron chi connectivity index (χ2n) is 14.2. The number of rotatable bonds is 7. The molecule has 2 aliphatic heterocycles. The first kappa shape index (κ1) is 32.0. The zero-order chi connectivity index (χ0) is 32.0. The number of aryl methyl sites for hydroxylation is 2. The highest BCUT2D eigenvalue weighted by Crippen LogP contribution is 2.45. The van der Waals surface area contributed by atoms with Crippen LogP contribution in [0.4, 0.5) is 14.5 Å². The Bertz CT molecular complexity index is 1530. The lowest BCUT2D eigenvalue weighted by Crippen LogP contribution is -2.39. The quantitative estimate of drug-likeness (QED) is 0.297. The number of ether oxygens (including phenoxy) is 1. The Morgan fingerprint density at radius 3 is 2.30 bits per heavy atom. The van der Waals surface area contributed by atoms with Crippen LogP contribution in [0.15, 0.2) is 36.4 Å². The highest BCUT2D eigenvalue weighted by atomic mass is 19.1. The standard InChI is InChI=1S/C36H45F2N3O3/c1-22-30(25-11-12-26-20-40(16-13-24(26)19-25)21-27-28(37)9-8-10-29(27)38)32(41-17-14-36(6,7)15-18-41)31(23(2)39-22)33(34(42)43)44-35(3,4)5/h8-12,19,33H,13-18,20-21H2,1-7H3,(H,42,43)/t33-/m0/s1. The Hall–Kier alpha value is -3.36. The monoisotopic (exact) mass is 605 g/mol. The number of nitrogens with zero attached hydrogens (tertiary/aromatic N) is 3. The lowest BCUT2D eigenvalue weighted by Gasteiger charge is -2.41. The van der Waals surface area contributed by atoms with E-state index in [0.717, 1.165) is 60.4 Å². The zero-order valence-corrected chi connectivity index (χ0v) is 27.1. The first-order chi connectivity index (χ1) is 20.6. The van der Waals surface area contributed by atoms with Gasteiger partial charge in [0, 0.05) is 60.8 Å². The minimum atomic E-state index is -1.17. The predicted octanol–water partition coefficient (Wildman–Crippen LogP) is 7.77. The molecule has 5 rings (SSSR count). The van der Waals surface area contributed by atoms with Crippen molar-refractivity contribution in [1.29, 1.82) is 0 Å². The van der Waals surface area contributed by atoms with Crippen LogP contribution in [0.1, 0.15) is 87.2 Å². The molecule has 1 aromatic heterocycles. The second-order valence-corrected chi connectivity index (χ2v) is 14.2. The van der Waals surface area contributed by atoms with E-state index in [0.29, 0.717) is 24.3 Å². The van der Waals surface area contributed by atoms with E-state index >= 15 is 0 Å². The summed E-state index contributed by atoms with van der Waals surface area (Å²) in [4.78, 5) is 22.1. The number of aliphatic carboxylic acids is 1. The summed E-state index contributed by atoms with van der Waals surface area (Å²) in [7, 11) is 0. The molecule has 236 valence electrons. The molecule has 0 bridgehead atoms. The van der Waals surface area contributed by atoms with Gasteiger partial charge in [0.1, 0.15) is 11.6 Å². The molecule has 0 amide bonds. The van der Waals surface area contributed by atoms with Crippen LogP contribution in [-0.4, -0.2) is 46.2 Å². The van der Waals surface area contributed by atoms with E-state index in [1.54, 1.807) is 0 Å². The van der Waals surface area contributed by atoms with Crippen molar-refractivity contribution in [1.82, 2.24) is 9.88 Å². The highest BCUT2D eigenvalue weighted by Gasteiger charge is 2.36. The molecule has 0 radical (unpaired) electrons. The molecule has 1 N–H and O–H groups in total. The Balaban J connectivity index is 1.57. The fourth-order valence-corrected chi connectivity index (χ4v) is 6.56. The summed E-state index contributed by atoms with van der Waals surface area (Å²) >= 11 is 0. The Morgan fingerprint density at radius 1 is 1.02 bits per heavy atom. The van der Waals surface area contributed by atoms with E-state index in [1.165, 1.54) is 23.8 Å². The van der Waals surface area contributed by atoms with Crippen LogP contribution in [0.5, 0.6) is 0 Å². The van der Waals surface area contributed by atoms with Gasteiger partial charge in [-0.1, -0.05) is 38.1 Å². The van der Waals surface area contributed by atoms with E-state index in [2.05, 4.69) is 41.8 Å². The molecule has 2 aliphatic rings. The third-order valence-corrected chi connectivity index (χ3v) is 9.00. The molecule has 6 nitrogen and oxygen atoms in total. The lowest BCUT2D eigenvalue weighted by molar-refractivity contribution is -0.160. The maximum Gasteiger partial charge on any atom is 0.337 e. The van der Waals surface area contributed by atoms with Gasteiger partial charge in [-0.15, -0.1) is 0 Å². The van der Waals surface area contributed by atoms with Gasteiger partial charge in [-0.2, -0.15) is 0 Å². The van der Waals surface area contributed by atoms with Gasteiger partial charge in [0.15, 0.2) is 6.10 Å². The SMILES string of the molecule is Cc1nc(C)c([C@H](OC(C)(C)C)C(=O)O)c(N2CCC(C)(C)CC2)c1-c1ccc2c(c1)CCN(Cc1c(F)cccc1F)C2. The molecule has 1 saturated heterocycles. The Kier molecular flexibility index (Phi) is 8.89. The van der Waals surface area contributed by atoms with Crippen LogP contribution in [0.25, 0.3) is 11.1 Å². The van der Waals surface area contributed by atoms with Crippen LogP contribution in [-0.2, 0) is 29.0 Å². The molecule has 0 unspecified atom stereocenters. The van der Waals surface area contributed by atoms with Gasteiger partial charge in [-0.3, -0.25) is 9.88 Å². The van der Waals surface area contributed by atoms with Crippen LogP contribution in [0.3, 0.4) is 0 Å². The molecule has 0 spiro atoms. The van der Waals surface area contributed by atoms with Crippen LogP contribution in [0, 0.1) is 30.9 Å². The third kappa shape index (κ3) is 6.81. The predicted molar refractivity (Wildman–Crippen MR) is 170 cm³/mol. The van der Waals surface area contributed by atoms with Crippen LogP contribution >= 0.6 is 0 Å². The fourth-order valence-electron chi connectivity index (χ4n) is 6.56. The molecule has 3 heterocycles. The molecular weight excluding hydrogens is 560 g/mol. The largest absolute Gasteiger partial charge is 0.479 e. The van der Waals surface area contributed by atoms with Gasteiger partial charge in [-0.05, 0) is 88.1 Å². The number of halogens is 2. The molecule has 44 heavy (non-hydrogen) atoms. The van der Waals surface area contributed by atoms with Gasteiger partial charge in [0.25, 0.3) is 0 Å². The third-order valence-electron chi connectivity index (χ3n) is 9.00. The summed E-state index contributed by atoms with van der Waals surface area (Å²) in [6, 6.07) is 10.4. The smallest absolute Gasteiger partial charge is 0.337 e. The summed E-state index contributed by atoms with van der Waals surface area (Å²) in [6.45, 7) is 17.2. The maximum atomic E-state index is 14.3. The van der Waals surface area contributed by atoms with Gasteiger partial charge >= 0.3 is 5.97 Å². The van der Waals surface area contributed by atoms with Gasteiger partial charge < -0.3 is 14.7 Å². The zero-order valence-electron chi connectivity index (χ0n) is 27.1. The van der Waals surface area contributed by atoms with Crippen LogP contribution in [0.2, 0.25) is 0 Å². The van der Waals surface area contributed by atoms with Crippen molar-refractivity contribution in [2.24, 2.45) is 5.41 Å². The molecule has 3 aromatic rings. The number of fused-ring (bicyclic) bond motifs is 1. The summed E-state index contributed by atoms with van der Waals surface area (Å²) in [5.74, 6) is -2.07. The number of carboxylic acids is 1. The van der Waals surface area contributed by atoms with Crippen molar-refractivity contribution < 1.29 is 23.4 Å². The number of anilines is 1. The molecule has 0 aliphatic carbocycles. The number of hydrogen-bond acceptors (Lipinski definition) is 5. The first-order valence-electron chi connectivity index (χ1n) is 15.6. The van der Waals surface area contributed by atoms with Crippen molar-refractivity contribution >= 4 is 11.7 Å². The summed E-state index contributed by atoms with van der Waals surface area (Å²) in [5, 5.41) is 10.5. The number of pyridine rings is 1. The lowest BCUT2D eigenvalue weighted by atomic mass is 9.81. The van der Waals surface area contributed by atoms with Crippen molar-refractivity contribution in [2.75, 3.05) is 24.5 Å². The van der Waals surface area contributed by atoms with Crippen LogP contribution < -0.4 is 4.90 Å². The topological polar surface area (TPSA) is 65.9 Å². The fraction of sp³-hybridized carbons (Fsp3) is 0.500. The highest BCUT2D eigenvalue weighted by molar-refractivity contribution is 5.88. The normalized spacial score (nSPS) is 17.8. The van der Waals surface area contributed by atoms with E-state index in [9.17, 15) is 18.7 Å². The van der Waals surface area contributed by atoms with E-state index in [1.807, 2.05) is 34.6 Å². The van der Waals surface area contributed by atoms with Gasteiger partial charge in [0.2, 0.25) is 0 Å². The maximum absolute atomic E-state index is 14.3. The van der Waals surface area contributed by atoms with E-state index < -0.39 is 29.3 Å². The number of carboxylic acid groups (broad SMARTS) is 1. The molecule has 1 atom stereocenters. The molecule has 0 saturated carbocycles. The number of aromatic nitrogens is 1. The summed E-state index contributed by atoms with van der Waals surface area (Å²) in [6.07, 6.45) is 1.55. The van der Waals surface area contributed by atoms with Crippen molar-refractivity contribution in [3.05, 3.63) is 81.7 Å². The minimum Gasteiger partial charge on any atom is -0.479 e. The number of carbonyl (C=O) groups is 1. The van der Waals surface area contributed by atoms with Crippen molar-refractivity contribution in [3.8, 4) is 11.1 Å². The Labute approximate surface area is 260 Å². The average Bonchev–Trinajstić information content (AvgIpc) is 2.93. The van der Waals surface area contributed by atoms with Crippen molar-refractivity contribution in [2.45, 2.75) is 92.5 Å². The summed E-state index contributed by atoms with van der Waals surface area (Å²) < 4.78 is 34.9. The molecule has 2 aromatic carbocycles. The molecular formula is C36H45F2N3O3. The van der Waals surface area contributed by atoms with E-state index in [-0.39, 0.29) is 17.5 Å². The molecule has 1 fully saturated rings. The van der Waals surface area contributed by atoms with Crippen molar-refractivity contribution in [3.63, 3.8) is 0 Å². The van der Waals surface area contributed by atoms with Gasteiger partial charge in [-0.25, -0.2) is 13.6 Å². The Morgan fingerprint density at radius 2 is 1.68 bits per heavy atom. The number of benzene rings is 2. The summed E-state index contributed by atoms with van der Waals surface area (Å²) in [5.41, 5.74) is 6.89. The number of piperidine rings is 1. The minimum absolute atomic E-state index is 0.0984.